The zero-order valence-corrected chi connectivity index (χ0v) is 13.2. The molecule has 20 heavy (non-hydrogen) atoms. The predicted molar refractivity (Wildman–Crippen MR) is 84.3 cm³/mol. The van der Waals surface area contributed by atoms with Crippen molar-refractivity contribution in [2.45, 2.75) is 48.2 Å². The third-order valence-electron chi connectivity index (χ3n) is 3.15. The van der Waals surface area contributed by atoms with Crippen LogP contribution in [0, 0.1) is 0 Å². The summed E-state index contributed by atoms with van der Waals surface area (Å²) in [6, 6.07) is 0.366. The SMILES string of the molecule is C=CCNc1nnc(SC(C)C(=O)NC2CCCC2)s1. The quantitative estimate of drug-likeness (QED) is 0.598. The van der Waals surface area contributed by atoms with Crippen molar-refractivity contribution < 1.29 is 4.79 Å². The molecule has 0 saturated heterocycles. The van der Waals surface area contributed by atoms with Crippen LogP contribution >= 0.6 is 23.1 Å². The Kier molecular flexibility index (Phi) is 5.85. The maximum Gasteiger partial charge on any atom is 0.233 e. The van der Waals surface area contributed by atoms with Gasteiger partial charge in [0.15, 0.2) is 4.34 Å². The summed E-state index contributed by atoms with van der Waals surface area (Å²) in [5, 5.41) is 14.9. The first-order valence-corrected chi connectivity index (χ1v) is 8.54. The average Bonchev–Trinajstić information content (AvgIpc) is 3.08. The predicted octanol–water partition coefficient (Wildman–Crippen LogP) is 2.68. The smallest absolute Gasteiger partial charge is 0.233 e. The molecule has 2 N–H and O–H groups in total. The fraction of sp³-hybridized carbons (Fsp3) is 0.615. The number of carbonyl (C=O) groups is 1. The summed E-state index contributed by atoms with van der Waals surface area (Å²) in [5.74, 6) is 0.0951. The van der Waals surface area contributed by atoms with Crippen molar-refractivity contribution >= 4 is 34.1 Å². The molecule has 1 amide bonds. The Morgan fingerprint density at radius 2 is 2.30 bits per heavy atom. The minimum absolute atomic E-state index is 0.0951. The van der Waals surface area contributed by atoms with Crippen LogP contribution in [0.5, 0.6) is 0 Å². The Balaban J connectivity index is 1.80. The van der Waals surface area contributed by atoms with Crippen LogP contribution < -0.4 is 10.6 Å². The van der Waals surface area contributed by atoms with E-state index in [0.29, 0.717) is 12.6 Å². The maximum absolute atomic E-state index is 12.1. The lowest BCUT2D eigenvalue weighted by Gasteiger charge is -2.15. The topological polar surface area (TPSA) is 66.9 Å². The van der Waals surface area contributed by atoms with Gasteiger partial charge in [-0.3, -0.25) is 4.79 Å². The summed E-state index contributed by atoms with van der Waals surface area (Å²) in [6.45, 7) is 6.21. The van der Waals surface area contributed by atoms with E-state index in [-0.39, 0.29) is 11.2 Å². The second kappa shape index (κ2) is 7.64. The Hall–Kier alpha value is -1.08. The van der Waals surface area contributed by atoms with E-state index in [4.69, 9.17) is 0 Å². The first-order chi connectivity index (χ1) is 9.69. The van der Waals surface area contributed by atoms with Crippen LogP contribution in [-0.4, -0.2) is 33.9 Å². The van der Waals surface area contributed by atoms with Crippen LogP contribution in [0.4, 0.5) is 5.13 Å². The molecule has 1 aromatic heterocycles. The zero-order chi connectivity index (χ0) is 14.4. The summed E-state index contributed by atoms with van der Waals surface area (Å²) < 4.78 is 0.811. The van der Waals surface area contributed by atoms with Gasteiger partial charge in [-0.05, 0) is 19.8 Å². The van der Waals surface area contributed by atoms with E-state index >= 15 is 0 Å². The van der Waals surface area contributed by atoms with E-state index < -0.39 is 0 Å². The van der Waals surface area contributed by atoms with Crippen molar-refractivity contribution in [1.29, 1.82) is 0 Å². The van der Waals surface area contributed by atoms with Gasteiger partial charge in [-0.2, -0.15) is 0 Å². The number of nitrogens with zero attached hydrogens (tertiary/aromatic N) is 2. The summed E-state index contributed by atoms with van der Waals surface area (Å²) in [6.07, 6.45) is 6.43. The number of carbonyl (C=O) groups excluding carboxylic acids is 1. The summed E-state index contributed by atoms with van der Waals surface area (Å²) in [4.78, 5) is 12.1. The van der Waals surface area contributed by atoms with Gasteiger partial charge in [0.25, 0.3) is 0 Å². The van der Waals surface area contributed by atoms with Crippen LogP contribution in [0.3, 0.4) is 0 Å². The van der Waals surface area contributed by atoms with E-state index in [1.807, 2.05) is 6.92 Å². The molecule has 0 radical (unpaired) electrons. The van der Waals surface area contributed by atoms with E-state index in [0.717, 1.165) is 22.3 Å². The molecule has 0 spiro atoms. The Morgan fingerprint density at radius 3 is 3.00 bits per heavy atom. The molecule has 1 unspecified atom stereocenters. The van der Waals surface area contributed by atoms with Crippen molar-refractivity contribution in [3.05, 3.63) is 12.7 Å². The van der Waals surface area contributed by atoms with Gasteiger partial charge in [0, 0.05) is 12.6 Å². The van der Waals surface area contributed by atoms with Crippen molar-refractivity contribution in [1.82, 2.24) is 15.5 Å². The molecule has 1 saturated carbocycles. The molecule has 5 nitrogen and oxygen atoms in total. The summed E-state index contributed by atoms with van der Waals surface area (Å²) >= 11 is 2.92. The molecule has 1 fully saturated rings. The highest BCUT2D eigenvalue weighted by Crippen LogP contribution is 2.29. The molecule has 2 rings (SSSR count). The second-order valence-corrected chi connectivity index (χ2v) is 7.36. The Labute approximate surface area is 127 Å². The molecule has 1 atom stereocenters. The molecule has 110 valence electrons. The lowest BCUT2D eigenvalue weighted by Crippen LogP contribution is -2.37. The molecule has 1 aliphatic carbocycles. The number of rotatable bonds is 7. The Morgan fingerprint density at radius 1 is 1.55 bits per heavy atom. The molecule has 1 heterocycles. The standard InChI is InChI=1S/C13H20N4OS2/c1-3-8-14-12-16-17-13(20-12)19-9(2)11(18)15-10-6-4-5-7-10/h3,9-10H,1,4-8H2,2H3,(H,14,16)(H,15,18). The van der Waals surface area contributed by atoms with Crippen molar-refractivity contribution in [3.8, 4) is 0 Å². The molecule has 7 heteroatoms. The largest absolute Gasteiger partial charge is 0.357 e. The zero-order valence-electron chi connectivity index (χ0n) is 11.6. The number of thioether (sulfide) groups is 1. The highest BCUT2D eigenvalue weighted by Gasteiger charge is 2.22. The van der Waals surface area contributed by atoms with Gasteiger partial charge in [0.2, 0.25) is 11.0 Å². The third kappa shape index (κ3) is 4.49. The molecule has 0 aliphatic heterocycles. The van der Waals surface area contributed by atoms with Crippen LogP contribution in [0.15, 0.2) is 17.0 Å². The lowest BCUT2D eigenvalue weighted by atomic mass is 10.2. The maximum atomic E-state index is 12.1. The molecular formula is C13H20N4OS2. The molecular weight excluding hydrogens is 292 g/mol. The monoisotopic (exact) mass is 312 g/mol. The highest BCUT2D eigenvalue weighted by atomic mass is 32.2. The van der Waals surface area contributed by atoms with Gasteiger partial charge in [0.05, 0.1) is 5.25 Å². The minimum atomic E-state index is -0.143. The van der Waals surface area contributed by atoms with E-state index in [1.165, 1.54) is 35.9 Å². The molecule has 1 aromatic rings. The number of anilines is 1. The molecule has 0 aromatic carbocycles. The van der Waals surface area contributed by atoms with Gasteiger partial charge in [-0.25, -0.2) is 0 Å². The fourth-order valence-corrected chi connectivity index (χ4v) is 3.99. The first kappa shape index (κ1) is 15.3. The lowest BCUT2D eigenvalue weighted by molar-refractivity contribution is -0.120. The van der Waals surface area contributed by atoms with Crippen LogP contribution in [-0.2, 0) is 4.79 Å². The summed E-state index contributed by atoms with van der Waals surface area (Å²) in [5.41, 5.74) is 0. The van der Waals surface area contributed by atoms with Gasteiger partial charge < -0.3 is 10.6 Å². The number of nitrogens with one attached hydrogen (secondary N) is 2. The van der Waals surface area contributed by atoms with Gasteiger partial charge in [-0.1, -0.05) is 42.0 Å². The average molecular weight is 312 g/mol. The van der Waals surface area contributed by atoms with Crippen molar-refractivity contribution in [3.63, 3.8) is 0 Å². The van der Waals surface area contributed by atoms with Gasteiger partial charge >= 0.3 is 0 Å². The van der Waals surface area contributed by atoms with E-state index in [2.05, 4.69) is 27.4 Å². The second-order valence-electron chi connectivity index (χ2n) is 4.79. The minimum Gasteiger partial charge on any atom is -0.357 e. The Bertz CT molecular complexity index is 457. The van der Waals surface area contributed by atoms with Gasteiger partial charge in [0.1, 0.15) is 0 Å². The molecule has 0 bridgehead atoms. The normalized spacial score (nSPS) is 16.9. The third-order valence-corrected chi connectivity index (χ3v) is 5.22. The van der Waals surface area contributed by atoms with Crippen LogP contribution in [0.2, 0.25) is 0 Å². The van der Waals surface area contributed by atoms with Crippen LogP contribution in [0.1, 0.15) is 32.6 Å². The van der Waals surface area contributed by atoms with Gasteiger partial charge in [-0.15, -0.1) is 16.8 Å². The van der Waals surface area contributed by atoms with E-state index in [9.17, 15) is 4.79 Å². The number of hydrogen-bond acceptors (Lipinski definition) is 6. The highest BCUT2D eigenvalue weighted by molar-refractivity contribution is 8.02. The number of amides is 1. The molecule has 1 aliphatic rings. The fourth-order valence-electron chi connectivity index (χ4n) is 2.08. The van der Waals surface area contributed by atoms with Crippen molar-refractivity contribution in [2.24, 2.45) is 0 Å². The number of aromatic nitrogens is 2. The van der Waals surface area contributed by atoms with E-state index in [1.54, 1.807) is 6.08 Å². The van der Waals surface area contributed by atoms with Crippen molar-refractivity contribution in [2.75, 3.05) is 11.9 Å². The van der Waals surface area contributed by atoms with Crippen LogP contribution in [0.25, 0.3) is 0 Å². The summed E-state index contributed by atoms with van der Waals surface area (Å²) in [7, 11) is 0. The number of hydrogen-bond donors (Lipinski definition) is 2. The first-order valence-electron chi connectivity index (χ1n) is 6.84.